The average Bonchev–Trinajstić information content (AvgIpc) is 2.27. The summed E-state index contributed by atoms with van der Waals surface area (Å²) in [5.41, 5.74) is 0.824. The molecule has 0 unspecified atom stereocenters. The first-order chi connectivity index (χ1) is 7.45. The van der Waals surface area contributed by atoms with Crippen LogP contribution in [0.3, 0.4) is 0 Å². The topological polar surface area (TPSA) is 58.2 Å². The lowest BCUT2D eigenvalue weighted by atomic mass is 10.2. The van der Waals surface area contributed by atoms with Crippen molar-refractivity contribution in [1.82, 2.24) is 4.72 Å². The van der Waals surface area contributed by atoms with Crippen LogP contribution >= 0.6 is 0 Å². The van der Waals surface area contributed by atoms with Crippen LogP contribution < -0.4 is 10.0 Å². The maximum atomic E-state index is 11.6. The first kappa shape index (κ1) is 13.0. The smallest absolute Gasteiger partial charge is 0.240 e. The van der Waals surface area contributed by atoms with Crippen molar-refractivity contribution >= 4 is 15.7 Å². The molecule has 0 aliphatic carbocycles. The minimum atomic E-state index is -3.35. The van der Waals surface area contributed by atoms with Crippen LogP contribution in [0.4, 0.5) is 5.69 Å². The third kappa shape index (κ3) is 3.50. The molecule has 0 spiro atoms. The Kier molecular flexibility index (Phi) is 4.32. The van der Waals surface area contributed by atoms with Crippen molar-refractivity contribution in [2.45, 2.75) is 18.7 Å². The van der Waals surface area contributed by atoms with E-state index in [1.807, 2.05) is 6.07 Å². The summed E-state index contributed by atoms with van der Waals surface area (Å²) < 4.78 is 25.4. The molecule has 2 N–H and O–H groups in total. The summed E-state index contributed by atoms with van der Waals surface area (Å²) in [6, 6.07) is 6.80. The number of sulfonamides is 1. The molecule has 0 aromatic heterocycles. The number of rotatable bonds is 5. The van der Waals surface area contributed by atoms with Crippen molar-refractivity contribution in [1.29, 1.82) is 0 Å². The molecule has 0 aliphatic heterocycles. The van der Waals surface area contributed by atoms with E-state index < -0.39 is 10.0 Å². The molecule has 0 atom stereocenters. The monoisotopic (exact) mass is 242 g/mol. The highest BCUT2D eigenvalue weighted by molar-refractivity contribution is 7.89. The lowest BCUT2D eigenvalue weighted by molar-refractivity contribution is 0.588. The van der Waals surface area contributed by atoms with Gasteiger partial charge in [0.2, 0.25) is 10.0 Å². The van der Waals surface area contributed by atoms with E-state index in [1.165, 1.54) is 7.05 Å². The second kappa shape index (κ2) is 5.32. The molecule has 1 rings (SSSR count). The Morgan fingerprint density at radius 3 is 2.56 bits per heavy atom. The van der Waals surface area contributed by atoms with Crippen LogP contribution in [0.15, 0.2) is 29.2 Å². The number of hydrogen-bond acceptors (Lipinski definition) is 3. The van der Waals surface area contributed by atoms with Crippen molar-refractivity contribution in [3.05, 3.63) is 24.3 Å². The van der Waals surface area contributed by atoms with Crippen LogP contribution in [-0.2, 0) is 10.0 Å². The van der Waals surface area contributed by atoms with Gasteiger partial charge in [-0.05, 0) is 31.2 Å². The fourth-order valence-corrected chi connectivity index (χ4v) is 1.99. The van der Waals surface area contributed by atoms with E-state index in [0.29, 0.717) is 5.92 Å². The molecule has 0 heterocycles. The highest BCUT2D eigenvalue weighted by atomic mass is 32.2. The molecule has 5 heteroatoms. The van der Waals surface area contributed by atoms with Gasteiger partial charge in [0.15, 0.2) is 0 Å². The Labute approximate surface area is 97.1 Å². The Hall–Kier alpha value is -1.07. The highest BCUT2D eigenvalue weighted by Gasteiger charge is 2.11. The Balaban J connectivity index is 2.87. The molecule has 0 saturated heterocycles. The SMILES string of the molecule is CNS(=O)(=O)c1cccc(NCC(C)C)c1. The largest absolute Gasteiger partial charge is 0.385 e. The van der Waals surface area contributed by atoms with Gasteiger partial charge in [-0.3, -0.25) is 0 Å². The van der Waals surface area contributed by atoms with Gasteiger partial charge in [0.1, 0.15) is 0 Å². The number of benzene rings is 1. The molecular weight excluding hydrogens is 224 g/mol. The summed E-state index contributed by atoms with van der Waals surface area (Å²) in [5, 5.41) is 3.19. The molecule has 0 fully saturated rings. The molecule has 0 aliphatic rings. The van der Waals surface area contributed by atoms with Crippen LogP contribution in [0.5, 0.6) is 0 Å². The van der Waals surface area contributed by atoms with Crippen LogP contribution in [-0.4, -0.2) is 22.0 Å². The van der Waals surface area contributed by atoms with Crippen molar-refractivity contribution in [3.8, 4) is 0 Å². The molecule has 0 bridgehead atoms. The lowest BCUT2D eigenvalue weighted by Gasteiger charge is -2.10. The third-order valence-electron chi connectivity index (χ3n) is 2.13. The number of anilines is 1. The molecule has 4 nitrogen and oxygen atoms in total. The van der Waals surface area contributed by atoms with Gasteiger partial charge < -0.3 is 5.32 Å². The second-order valence-electron chi connectivity index (χ2n) is 4.01. The molecule has 1 aromatic rings. The van der Waals surface area contributed by atoms with Gasteiger partial charge in [-0.1, -0.05) is 19.9 Å². The summed E-state index contributed by atoms with van der Waals surface area (Å²) in [6.45, 7) is 5.02. The fourth-order valence-electron chi connectivity index (χ4n) is 1.21. The predicted molar refractivity (Wildman–Crippen MR) is 66.0 cm³/mol. The molecule has 90 valence electrons. The molecule has 16 heavy (non-hydrogen) atoms. The van der Waals surface area contributed by atoms with Crippen LogP contribution in [0.25, 0.3) is 0 Å². The number of nitrogens with one attached hydrogen (secondary N) is 2. The van der Waals surface area contributed by atoms with Crippen molar-refractivity contribution < 1.29 is 8.42 Å². The average molecular weight is 242 g/mol. The molecule has 0 radical (unpaired) electrons. The summed E-state index contributed by atoms with van der Waals surface area (Å²) in [7, 11) is -1.94. The maximum Gasteiger partial charge on any atom is 0.240 e. The van der Waals surface area contributed by atoms with Crippen molar-refractivity contribution in [3.63, 3.8) is 0 Å². The second-order valence-corrected chi connectivity index (χ2v) is 5.90. The van der Waals surface area contributed by atoms with E-state index in [1.54, 1.807) is 18.2 Å². The first-order valence-electron chi connectivity index (χ1n) is 5.23. The minimum absolute atomic E-state index is 0.281. The zero-order chi connectivity index (χ0) is 12.2. The number of hydrogen-bond donors (Lipinski definition) is 2. The van der Waals surface area contributed by atoms with Gasteiger partial charge >= 0.3 is 0 Å². The summed E-state index contributed by atoms with van der Waals surface area (Å²) in [5.74, 6) is 0.518. The third-order valence-corrected chi connectivity index (χ3v) is 3.54. The molecular formula is C11H18N2O2S. The fraction of sp³-hybridized carbons (Fsp3) is 0.455. The zero-order valence-corrected chi connectivity index (χ0v) is 10.6. The van der Waals surface area contributed by atoms with E-state index in [0.717, 1.165) is 12.2 Å². The van der Waals surface area contributed by atoms with E-state index in [4.69, 9.17) is 0 Å². The summed E-state index contributed by atoms with van der Waals surface area (Å²) >= 11 is 0. The van der Waals surface area contributed by atoms with Gasteiger partial charge in [0.05, 0.1) is 4.90 Å². The van der Waals surface area contributed by atoms with E-state index >= 15 is 0 Å². The maximum absolute atomic E-state index is 11.6. The normalized spacial score (nSPS) is 11.8. The van der Waals surface area contributed by atoms with E-state index in [9.17, 15) is 8.42 Å². The summed E-state index contributed by atoms with van der Waals surface area (Å²) in [6.07, 6.45) is 0. The Morgan fingerprint density at radius 2 is 2.00 bits per heavy atom. The predicted octanol–water partition coefficient (Wildman–Crippen LogP) is 1.66. The molecule has 0 amide bonds. The first-order valence-corrected chi connectivity index (χ1v) is 6.71. The van der Waals surface area contributed by atoms with E-state index in [-0.39, 0.29) is 4.90 Å². The molecule has 1 aromatic carbocycles. The zero-order valence-electron chi connectivity index (χ0n) is 9.82. The molecule has 0 saturated carbocycles. The standard InChI is InChI=1S/C11H18N2O2S/c1-9(2)8-13-10-5-4-6-11(7-10)16(14,15)12-3/h4-7,9,12-13H,8H2,1-3H3. The highest BCUT2D eigenvalue weighted by Crippen LogP contribution is 2.15. The van der Waals surface area contributed by atoms with Crippen molar-refractivity contribution in [2.75, 3.05) is 18.9 Å². The summed E-state index contributed by atoms with van der Waals surface area (Å²) in [4.78, 5) is 0.281. The van der Waals surface area contributed by atoms with Gasteiger partial charge in [0, 0.05) is 12.2 Å². The quantitative estimate of drug-likeness (QED) is 0.825. The van der Waals surface area contributed by atoms with Crippen LogP contribution in [0.1, 0.15) is 13.8 Å². The van der Waals surface area contributed by atoms with Gasteiger partial charge in [-0.15, -0.1) is 0 Å². The Morgan fingerprint density at radius 1 is 1.31 bits per heavy atom. The van der Waals surface area contributed by atoms with Gasteiger partial charge in [-0.25, -0.2) is 13.1 Å². The Bertz CT molecular complexity index is 441. The van der Waals surface area contributed by atoms with Gasteiger partial charge in [-0.2, -0.15) is 0 Å². The van der Waals surface area contributed by atoms with Crippen LogP contribution in [0.2, 0.25) is 0 Å². The lowest BCUT2D eigenvalue weighted by Crippen LogP contribution is -2.18. The van der Waals surface area contributed by atoms with Crippen molar-refractivity contribution in [2.24, 2.45) is 5.92 Å². The minimum Gasteiger partial charge on any atom is -0.385 e. The van der Waals surface area contributed by atoms with Crippen LogP contribution in [0, 0.1) is 5.92 Å². The van der Waals surface area contributed by atoms with Gasteiger partial charge in [0.25, 0.3) is 0 Å². The van der Waals surface area contributed by atoms with E-state index in [2.05, 4.69) is 23.9 Å².